The Hall–Kier alpha value is -3.61. The largest absolute Gasteiger partial charge is 0.497 e. The Kier molecular flexibility index (Phi) is 4.67. The number of imidazole rings is 1. The lowest BCUT2D eigenvalue weighted by Crippen LogP contribution is -2.31. The van der Waals surface area contributed by atoms with Crippen molar-refractivity contribution in [2.24, 2.45) is 0 Å². The van der Waals surface area contributed by atoms with E-state index < -0.39 is 0 Å². The quantitative estimate of drug-likeness (QED) is 0.510. The number of ether oxygens (including phenoxy) is 1. The zero-order chi connectivity index (χ0) is 21.5. The summed E-state index contributed by atoms with van der Waals surface area (Å²) in [5.74, 6) is 2.68. The van der Waals surface area contributed by atoms with Gasteiger partial charge in [0.05, 0.1) is 30.2 Å². The average Bonchev–Trinajstić information content (AvgIpc) is 3.50. The maximum Gasteiger partial charge on any atom is 0.227 e. The minimum atomic E-state index is 0.828. The van der Waals surface area contributed by atoms with Crippen molar-refractivity contribution in [3.05, 3.63) is 54.4 Å². The molecule has 2 aliphatic rings. The molecule has 1 N–H and O–H groups in total. The lowest BCUT2D eigenvalue weighted by atomic mass is 10.1. The normalized spacial score (nSPS) is 15.9. The van der Waals surface area contributed by atoms with Gasteiger partial charge in [-0.05, 0) is 56.0 Å². The number of benzene rings is 2. The van der Waals surface area contributed by atoms with E-state index in [9.17, 15) is 0 Å². The maximum absolute atomic E-state index is 5.49. The summed E-state index contributed by atoms with van der Waals surface area (Å²) in [5.41, 5.74) is 6.41. The molecule has 7 heteroatoms. The monoisotopic (exact) mass is 426 g/mol. The van der Waals surface area contributed by atoms with E-state index in [1.54, 1.807) is 13.4 Å². The maximum atomic E-state index is 5.49. The first-order valence-corrected chi connectivity index (χ1v) is 11.3. The predicted octanol–water partition coefficient (Wildman–Crippen LogP) is 4.71. The molecule has 0 spiro atoms. The van der Waals surface area contributed by atoms with Crippen molar-refractivity contribution in [3.63, 3.8) is 0 Å². The highest BCUT2D eigenvalue weighted by molar-refractivity contribution is 5.83. The summed E-state index contributed by atoms with van der Waals surface area (Å²) in [6, 6.07) is 14.6. The van der Waals surface area contributed by atoms with E-state index in [1.807, 2.05) is 12.1 Å². The smallest absolute Gasteiger partial charge is 0.227 e. The second kappa shape index (κ2) is 7.82. The Morgan fingerprint density at radius 1 is 0.969 bits per heavy atom. The Balaban J connectivity index is 1.49. The fourth-order valence-electron chi connectivity index (χ4n) is 4.83. The van der Waals surface area contributed by atoms with Gasteiger partial charge in [-0.1, -0.05) is 12.1 Å². The van der Waals surface area contributed by atoms with E-state index in [0.29, 0.717) is 0 Å². The van der Waals surface area contributed by atoms with Crippen LogP contribution >= 0.6 is 0 Å². The molecule has 4 heterocycles. The number of rotatable bonds is 4. The number of anilines is 3. The number of nitrogens with one attached hydrogen (secondary N) is 1. The zero-order valence-corrected chi connectivity index (χ0v) is 18.2. The van der Waals surface area contributed by atoms with Crippen LogP contribution in [0.3, 0.4) is 0 Å². The van der Waals surface area contributed by atoms with Crippen molar-refractivity contribution in [2.45, 2.75) is 25.7 Å². The molecule has 0 atom stereocenters. The van der Waals surface area contributed by atoms with Crippen LogP contribution < -0.4 is 14.5 Å². The molecule has 2 aromatic heterocycles. The Morgan fingerprint density at radius 3 is 2.75 bits per heavy atom. The van der Waals surface area contributed by atoms with Crippen molar-refractivity contribution in [1.29, 1.82) is 0 Å². The third kappa shape index (κ3) is 3.25. The van der Waals surface area contributed by atoms with Crippen molar-refractivity contribution in [2.75, 3.05) is 36.5 Å². The lowest BCUT2D eigenvalue weighted by Gasteiger charge is -2.28. The zero-order valence-electron chi connectivity index (χ0n) is 18.2. The molecular weight excluding hydrogens is 400 g/mol. The van der Waals surface area contributed by atoms with Gasteiger partial charge in [0.1, 0.15) is 11.6 Å². The summed E-state index contributed by atoms with van der Waals surface area (Å²) < 4.78 is 5.49. The number of aromatic nitrogens is 4. The van der Waals surface area contributed by atoms with E-state index in [1.165, 1.54) is 24.8 Å². The topological polar surface area (TPSA) is 70.2 Å². The van der Waals surface area contributed by atoms with Crippen molar-refractivity contribution >= 4 is 28.5 Å². The van der Waals surface area contributed by atoms with Gasteiger partial charge in [-0.25, -0.2) is 9.97 Å². The van der Waals surface area contributed by atoms with Crippen LogP contribution in [0.25, 0.3) is 22.3 Å². The Bertz CT molecular complexity index is 1280. The SMILES string of the molecule is COc1cccc(-c2nc(N3CCCCC3)nc3c2CCN3c2ccc3[nH]cnc3c2)c1. The number of nitrogens with zero attached hydrogens (tertiary/aromatic N) is 5. The summed E-state index contributed by atoms with van der Waals surface area (Å²) >= 11 is 0. The molecule has 32 heavy (non-hydrogen) atoms. The minimum absolute atomic E-state index is 0.828. The van der Waals surface area contributed by atoms with Crippen LogP contribution in [-0.4, -0.2) is 46.7 Å². The predicted molar refractivity (Wildman–Crippen MR) is 127 cm³/mol. The van der Waals surface area contributed by atoms with Crippen LogP contribution in [0.1, 0.15) is 24.8 Å². The van der Waals surface area contributed by atoms with Gasteiger partial charge in [0.15, 0.2) is 0 Å². The van der Waals surface area contributed by atoms with Crippen LogP contribution in [0.5, 0.6) is 5.75 Å². The van der Waals surface area contributed by atoms with Crippen molar-refractivity contribution in [3.8, 4) is 17.0 Å². The molecule has 0 amide bonds. The number of fused-ring (bicyclic) bond motifs is 2. The second-order valence-electron chi connectivity index (χ2n) is 8.46. The number of H-pyrrole nitrogens is 1. The van der Waals surface area contributed by atoms with Crippen LogP contribution in [0.15, 0.2) is 48.8 Å². The fourth-order valence-corrected chi connectivity index (χ4v) is 4.83. The summed E-state index contributed by atoms with van der Waals surface area (Å²) in [5, 5.41) is 0. The Labute approximate surface area is 187 Å². The third-order valence-corrected chi connectivity index (χ3v) is 6.51. The highest BCUT2D eigenvalue weighted by Gasteiger charge is 2.29. The molecule has 0 aliphatic carbocycles. The minimum Gasteiger partial charge on any atom is -0.497 e. The summed E-state index contributed by atoms with van der Waals surface area (Å²) in [7, 11) is 1.70. The molecule has 0 bridgehead atoms. The molecule has 4 aromatic rings. The summed E-state index contributed by atoms with van der Waals surface area (Å²) in [4.78, 5) is 22.5. The molecule has 0 radical (unpaired) electrons. The van der Waals surface area contributed by atoms with Gasteiger partial charge in [-0.15, -0.1) is 0 Å². The first-order chi connectivity index (χ1) is 15.8. The van der Waals surface area contributed by atoms with Gasteiger partial charge in [0.25, 0.3) is 0 Å². The summed E-state index contributed by atoms with van der Waals surface area (Å²) in [6.45, 7) is 2.89. The second-order valence-corrected chi connectivity index (χ2v) is 8.46. The molecule has 1 saturated heterocycles. The standard InChI is InChI=1S/C25H26N6O/c1-32-19-7-5-6-17(14-19)23-20-10-13-31(18-8-9-21-22(15-18)27-16-26-21)24(20)29-25(28-23)30-11-3-2-4-12-30/h5-9,14-16H,2-4,10-13H2,1H3,(H,26,27). The van der Waals surface area contributed by atoms with E-state index >= 15 is 0 Å². The van der Waals surface area contributed by atoms with Crippen molar-refractivity contribution < 1.29 is 4.74 Å². The molecule has 2 aromatic carbocycles. The fraction of sp³-hybridized carbons (Fsp3) is 0.320. The molecule has 6 rings (SSSR count). The molecule has 162 valence electrons. The van der Waals surface area contributed by atoms with Crippen LogP contribution in [-0.2, 0) is 6.42 Å². The molecular formula is C25H26N6O. The molecule has 1 fully saturated rings. The van der Waals surface area contributed by atoms with Gasteiger partial charge in [0.2, 0.25) is 5.95 Å². The van der Waals surface area contributed by atoms with Crippen LogP contribution in [0, 0.1) is 0 Å². The van der Waals surface area contributed by atoms with Gasteiger partial charge < -0.3 is 19.5 Å². The van der Waals surface area contributed by atoms with Gasteiger partial charge in [-0.2, -0.15) is 4.98 Å². The number of piperidine rings is 1. The van der Waals surface area contributed by atoms with Gasteiger partial charge in [-0.3, -0.25) is 0 Å². The van der Waals surface area contributed by atoms with E-state index in [4.69, 9.17) is 14.7 Å². The van der Waals surface area contributed by atoms with Gasteiger partial charge >= 0.3 is 0 Å². The highest BCUT2D eigenvalue weighted by Crippen LogP contribution is 2.40. The van der Waals surface area contributed by atoms with Crippen LogP contribution in [0.2, 0.25) is 0 Å². The average molecular weight is 427 g/mol. The first-order valence-electron chi connectivity index (χ1n) is 11.3. The number of methoxy groups -OCH3 is 1. The molecule has 0 unspecified atom stereocenters. The lowest BCUT2D eigenvalue weighted by molar-refractivity contribution is 0.415. The van der Waals surface area contributed by atoms with Crippen molar-refractivity contribution in [1.82, 2.24) is 19.9 Å². The van der Waals surface area contributed by atoms with Crippen LogP contribution in [0.4, 0.5) is 17.5 Å². The Morgan fingerprint density at radius 2 is 1.88 bits per heavy atom. The third-order valence-electron chi connectivity index (χ3n) is 6.51. The number of aromatic amines is 1. The van der Waals surface area contributed by atoms with E-state index in [0.717, 1.165) is 71.5 Å². The first kappa shape index (κ1) is 19.1. The number of hydrogen-bond acceptors (Lipinski definition) is 6. The highest BCUT2D eigenvalue weighted by atomic mass is 16.5. The molecule has 2 aliphatic heterocycles. The molecule has 7 nitrogen and oxygen atoms in total. The molecule has 0 saturated carbocycles. The van der Waals surface area contributed by atoms with E-state index in [2.05, 4.69) is 50.1 Å². The van der Waals surface area contributed by atoms with E-state index in [-0.39, 0.29) is 0 Å². The van der Waals surface area contributed by atoms with Gasteiger partial charge in [0, 0.05) is 36.4 Å². The number of hydrogen-bond donors (Lipinski definition) is 1. The summed E-state index contributed by atoms with van der Waals surface area (Å²) in [6.07, 6.45) is 6.30.